The number of amides is 1. The van der Waals surface area contributed by atoms with Crippen molar-refractivity contribution in [3.8, 4) is 0 Å². The number of carboxylic acid groups (broad SMARTS) is 1. The Balaban J connectivity index is 1.87. The summed E-state index contributed by atoms with van der Waals surface area (Å²) in [6.07, 6.45) is 2.87. The number of carbonyl (C=O) groups is 2. The molecule has 3 atom stereocenters. The zero-order valence-corrected chi connectivity index (χ0v) is 9.48. The SMILES string of the molecule is CC(=O)NCCN1C2CCC1C(C(=O)O)C2. The van der Waals surface area contributed by atoms with E-state index in [0.717, 1.165) is 25.8 Å². The van der Waals surface area contributed by atoms with Crippen LogP contribution in [0, 0.1) is 5.92 Å². The van der Waals surface area contributed by atoms with E-state index in [1.165, 1.54) is 6.92 Å². The Kier molecular flexibility index (Phi) is 3.14. The molecule has 2 fully saturated rings. The van der Waals surface area contributed by atoms with Crippen LogP contribution >= 0.6 is 0 Å². The number of aliphatic carboxylic acids is 1. The lowest BCUT2D eigenvalue weighted by atomic mass is 9.89. The minimum Gasteiger partial charge on any atom is -0.481 e. The monoisotopic (exact) mass is 226 g/mol. The molecule has 2 N–H and O–H groups in total. The van der Waals surface area contributed by atoms with E-state index in [0.29, 0.717) is 12.6 Å². The number of carboxylic acids is 1. The van der Waals surface area contributed by atoms with Crippen LogP contribution in [0.15, 0.2) is 0 Å². The first-order valence-corrected chi connectivity index (χ1v) is 5.82. The number of hydrogen-bond donors (Lipinski definition) is 2. The van der Waals surface area contributed by atoms with Crippen LogP contribution in [-0.2, 0) is 9.59 Å². The smallest absolute Gasteiger partial charge is 0.308 e. The Morgan fingerprint density at radius 1 is 1.44 bits per heavy atom. The zero-order chi connectivity index (χ0) is 11.7. The first kappa shape index (κ1) is 11.4. The summed E-state index contributed by atoms with van der Waals surface area (Å²) in [4.78, 5) is 24.0. The van der Waals surface area contributed by atoms with E-state index in [-0.39, 0.29) is 17.9 Å². The van der Waals surface area contributed by atoms with Gasteiger partial charge in [-0.2, -0.15) is 0 Å². The average Bonchev–Trinajstić information content (AvgIpc) is 2.74. The minimum absolute atomic E-state index is 0.0265. The summed E-state index contributed by atoms with van der Waals surface area (Å²) in [6, 6.07) is 0.608. The first-order chi connectivity index (χ1) is 7.59. The zero-order valence-electron chi connectivity index (χ0n) is 9.48. The molecule has 2 saturated heterocycles. The van der Waals surface area contributed by atoms with Gasteiger partial charge in [-0.15, -0.1) is 0 Å². The summed E-state index contributed by atoms with van der Waals surface area (Å²) in [6.45, 7) is 2.89. The van der Waals surface area contributed by atoms with Crippen LogP contribution in [-0.4, -0.2) is 47.1 Å². The highest BCUT2D eigenvalue weighted by Crippen LogP contribution is 2.41. The normalized spacial score (nSPS) is 32.9. The number of rotatable bonds is 4. The molecule has 16 heavy (non-hydrogen) atoms. The number of fused-ring (bicyclic) bond motifs is 2. The molecule has 0 spiro atoms. The van der Waals surface area contributed by atoms with Crippen LogP contribution in [0.3, 0.4) is 0 Å². The Labute approximate surface area is 94.8 Å². The molecule has 0 saturated carbocycles. The Bertz CT molecular complexity index is 306. The lowest BCUT2D eigenvalue weighted by molar-refractivity contribution is -0.142. The predicted molar refractivity (Wildman–Crippen MR) is 57.9 cm³/mol. The van der Waals surface area contributed by atoms with E-state index in [4.69, 9.17) is 5.11 Å². The van der Waals surface area contributed by atoms with Gasteiger partial charge in [0.1, 0.15) is 0 Å². The van der Waals surface area contributed by atoms with E-state index < -0.39 is 5.97 Å². The summed E-state index contributed by atoms with van der Waals surface area (Å²) < 4.78 is 0. The number of nitrogens with zero attached hydrogens (tertiary/aromatic N) is 1. The fourth-order valence-electron chi connectivity index (χ4n) is 3.08. The maximum absolute atomic E-state index is 11.0. The van der Waals surface area contributed by atoms with Gasteiger partial charge in [0.2, 0.25) is 5.91 Å². The van der Waals surface area contributed by atoms with Crippen molar-refractivity contribution in [1.29, 1.82) is 0 Å². The van der Waals surface area contributed by atoms with Gasteiger partial charge < -0.3 is 10.4 Å². The van der Waals surface area contributed by atoms with Gasteiger partial charge in [-0.25, -0.2) is 0 Å². The fourth-order valence-corrected chi connectivity index (χ4v) is 3.08. The molecule has 0 aromatic heterocycles. The highest BCUT2D eigenvalue weighted by molar-refractivity contribution is 5.73. The number of carbonyl (C=O) groups excluding carboxylic acids is 1. The van der Waals surface area contributed by atoms with E-state index in [2.05, 4.69) is 10.2 Å². The first-order valence-electron chi connectivity index (χ1n) is 5.82. The van der Waals surface area contributed by atoms with Crippen molar-refractivity contribution < 1.29 is 14.7 Å². The van der Waals surface area contributed by atoms with Gasteiger partial charge in [0.25, 0.3) is 0 Å². The third-order valence-electron chi connectivity index (χ3n) is 3.74. The van der Waals surface area contributed by atoms with Crippen molar-refractivity contribution >= 4 is 11.9 Å². The quantitative estimate of drug-likeness (QED) is 0.711. The van der Waals surface area contributed by atoms with E-state index in [1.54, 1.807) is 0 Å². The van der Waals surface area contributed by atoms with Gasteiger partial charge in [-0.05, 0) is 19.3 Å². The van der Waals surface area contributed by atoms with Gasteiger partial charge in [0, 0.05) is 32.1 Å². The summed E-state index contributed by atoms with van der Waals surface area (Å²) in [5.41, 5.74) is 0. The number of hydrogen-bond acceptors (Lipinski definition) is 3. The molecule has 0 aromatic carbocycles. The maximum Gasteiger partial charge on any atom is 0.308 e. The van der Waals surface area contributed by atoms with Crippen LogP contribution in [0.4, 0.5) is 0 Å². The van der Waals surface area contributed by atoms with Crippen molar-refractivity contribution in [2.45, 2.75) is 38.3 Å². The molecule has 5 heteroatoms. The van der Waals surface area contributed by atoms with Crippen molar-refractivity contribution in [2.24, 2.45) is 5.92 Å². The topological polar surface area (TPSA) is 69.6 Å². The maximum atomic E-state index is 11.0. The van der Waals surface area contributed by atoms with E-state index in [1.807, 2.05) is 0 Å². The van der Waals surface area contributed by atoms with Crippen molar-refractivity contribution in [2.75, 3.05) is 13.1 Å². The molecule has 0 aliphatic carbocycles. The lowest BCUT2D eigenvalue weighted by Crippen LogP contribution is -2.38. The summed E-state index contributed by atoms with van der Waals surface area (Å²) in [5.74, 6) is -0.894. The van der Waals surface area contributed by atoms with E-state index >= 15 is 0 Å². The highest BCUT2D eigenvalue weighted by Gasteiger charge is 2.48. The molecule has 2 bridgehead atoms. The molecular formula is C11H18N2O3. The second-order valence-electron chi connectivity index (χ2n) is 4.70. The third kappa shape index (κ3) is 2.04. The Morgan fingerprint density at radius 3 is 2.75 bits per heavy atom. The Hall–Kier alpha value is -1.10. The van der Waals surface area contributed by atoms with Crippen LogP contribution < -0.4 is 5.32 Å². The van der Waals surface area contributed by atoms with Crippen molar-refractivity contribution in [3.63, 3.8) is 0 Å². The molecule has 2 heterocycles. The fraction of sp³-hybridized carbons (Fsp3) is 0.818. The molecule has 90 valence electrons. The molecule has 0 radical (unpaired) electrons. The van der Waals surface area contributed by atoms with Crippen LogP contribution in [0.25, 0.3) is 0 Å². The summed E-state index contributed by atoms with van der Waals surface area (Å²) in [5, 5.41) is 11.8. The van der Waals surface area contributed by atoms with Gasteiger partial charge in [-0.1, -0.05) is 0 Å². The lowest BCUT2D eigenvalue weighted by Gasteiger charge is -2.22. The summed E-state index contributed by atoms with van der Waals surface area (Å²) in [7, 11) is 0. The van der Waals surface area contributed by atoms with Crippen LogP contribution in [0.2, 0.25) is 0 Å². The minimum atomic E-state index is -0.670. The second kappa shape index (κ2) is 4.41. The van der Waals surface area contributed by atoms with Crippen molar-refractivity contribution in [3.05, 3.63) is 0 Å². The largest absolute Gasteiger partial charge is 0.481 e. The molecule has 2 rings (SSSR count). The molecular weight excluding hydrogens is 208 g/mol. The molecule has 2 aliphatic rings. The van der Waals surface area contributed by atoms with Crippen LogP contribution in [0.1, 0.15) is 26.2 Å². The highest BCUT2D eigenvalue weighted by atomic mass is 16.4. The van der Waals surface area contributed by atoms with Crippen LogP contribution in [0.5, 0.6) is 0 Å². The van der Waals surface area contributed by atoms with E-state index in [9.17, 15) is 9.59 Å². The molecule has 2 aliphatic heterocycles. The molecule has 0 aromatic rings. The Morgan fingerprint density at radius 2 is 2.19 bits per heavy atom. The number of nitrogens with one attached hydrogen (secondary N) is 1. The molecule has 5 nitrogen and oxygen atoms in total. The molecule has 3 unspecified atom stereocenters. The average molecular weight is 226 g/mol. The standard InChI is InChI=1S/C11H18N2O3/c1-7(14)12-4-5-13-8-2-3-10(13)9(6-8)11(15)16/h8-10H,2-6H2,1H3,(H,12,14)(H,15,16). The van der Waals surface area contributed by atoms with Gasteiger partial charge in [0.15, 0.2) is 0 Å². The second-order valence-corrected chi connectivity index (χ2v) is 4.70. The van der Waals surface area contributed by atoms with Gasteiger partial charge in [0.05, 0.1) is 5.92 Å². The third-order valence-corrected chi connectivity index (χ3v) is 3.74. The summed E-state index contributed by atoms with van der Waals surface area (Å²) >= 11 is 0. The predicted octanol–water partition coefficient (Wildman–Crippen LogP) is 0.0600. The van der Waals surface area contributed by atoms with Gasteiger partial charge in [-0.3, -0.25) is 14.5 Å². The molecule has 1 amide bonds. The van der Waals surface area contributed by atoms with Crippen molar-refractivity contribution in [1.82, 2.24) is 10.2 Å². The van der Waals surface area contributed by atoms with Gasteiger partial charge >= 0.3 is 5.97 Å².